The molecule has 0 aliphatic rings. The Morgan fingerprint density at radius 2 is 1.81 bits per heavy atom. The van der Waals surface area contributed by atoms with Crippen molar-refractivity contribution in [2.24, 2.45) is 0 Å². The zero-order chi connectivity index (χ0) is 15.9. The first-order valence-electron chi connectivity index (χ1n) is 6.63. The lowest BCUT2D eigenvalue weighted by Crippen LogP contribution is -2.08. The number of hydrogen-bond acceptors (Lipinski definition) is 2. The number of alkyl halides is 3. The SMILES string of the molecule is O=C(O)CCCCCCNc1ccc(C(F)(F)F)cc1F. The van der Waals surface area contributed by atoms with Gasteiger partial charge in [0.2, 0.25) is 0 Å². The lowest BCUT2D eigenvalue weighted by atomic mass is 10.1. The minimum atomic E-state index is -4.55. The molecule has 0 saturated carbocycles. The molecule has 0 aromatic heterocycles. The number of rotatable bonds is 8. The van der Waals surface area contributed by atoms with Crippen LogP contribution in [0.15, 0.2) is 18.2 Å². The van der Waals surface area contributed by atoms with Crippen molar-refractivity contribution in [3.63, 3.8) is 0 Å². The Morgan fingerprint density at radius 3 is 2.38 bits per heavy atom. The molecule has 0 saturated heterocycles. The number of anilines is 1. The minimum absolute atomic E-state index is 0.0357. The van der Waals surface area contributed by atoms with Gasteiger partial charge in [0.15, 0.2) is 0 Å². The van der Waals surface area contributed by atoms with Crippen molar-refractivity contribution in [3.8, 4) is 0 Å². The van der Waals surface area contributed by atoms with Crippen LogP contribution in [0.3, 0.4) is 0 Å². The maximum absolute atomic E-state index is 13.5. The van der Waals surface area contributed by atoms with E-state index in [9.17, 15) is 22.4 Å². The Morgan fingerprint density at radius 1 is 1.14 bits per heavy atom. The first-order valence-corrected chi connectivity index (χ1v) is 6.63. The third kappa shape index (κ3) is 6.46. The third-order valence-electron chi connectivity index (χ3n) is 2.93. The molecule has 7 heteroatoms. The second-order valence-electron chi connectivity index (χ2n) is 4.68. The van der Waals surface area contributed by atoms with E-state index in [1.54, 1.807) is 0 Å². The van der Waals surface area contributed by atoms with Crippen LogP contribution in [-0.4, -0.2) is 17.6 Å². The zero-order valence-corrected chi connectivity index (χ0v) is 11.3. The van der Waals surface area contributed by atoms with E-state index < -0.39 is 23.5 Å². The molecule has 0 heterocycles. The van der Waals surface area contributed by atoms with Crippen molar-refractivity contribution in [3.05, 3.63) is 29.6 Å². The van der Waals surface area contributed by atoms with E-state index in [-0.39, 0.29) is 12.1 Å². The Labute approximate surface area is 120 Å². The number of unbranched alkanes of at least 4 members (excludes halogenated alkanes) is 3. The van der Waals surface area contributed by atoms with Crippen molar-refractivity contribution >= 4 is 11.7 Å². The van der Waals surface area contributed by atoms with Crippen LogP contribution in [0.4, 0.5) is 23.2 Å². The summed E-state index contributed by atoms with van der Waals surface area (Å²) >= 11 is 0. The number of halogens is 4. The van der Waals surface area contributed by atoms with Crippen LogP contribution in [0.5, 0.6) is 0 Å². The number of aliphatic carboxylic acids is 1. The molecule has 21 heavy (non-hydrogen) atoms. The molecule has 1 aromatic carbocycles. The highest BCUT2D eigenvalue weighted by Gasteiger charge is 2.31. The van der Waals surface area contributed by atoms with E-state index in [4.69, 9.17) is 5.11 Å². The summed E-state index contributed by atoms with van der Waals surface area (Å²) in [6.45, 7) is 0.426. The maximum Gasteiger partial charge on any atom is 0.416 e. The molecule has 0 aliphatic heterocycles. The molecule has 1 rings (SSSR count). The Balaban J connectivity index is 2.31. The van der Waals surface area contributed by atoms with Gasteiger partial charge >= 0.3 is 12.1 Å². The van der Waals surface area contributed by atoms with Gasteiger partial charge in [-0.2, -0.15) is 13.2 Å². The van der Waals surface area contributed by atoms with E-state index in [2.05, 4.69) is 5.32 Å². The van der Waals surface area contributed by atoms with E-state index in [0.717, 1.165) is 25.0 Å². The summed E-state index contributed by atoms with van der Waals surface area (Å²) in [5.74, 6) is -1.77. The topological polar surface area (TPSA) is 49.3 Å². The molecule has 0 fully saturated rings. The third-order valence-corrected chi connectivity index (χ3v) is 2.93. The lowest BCUT2D eigenvalue weighted by molar-refractivity contribution is -0.138. The number of hydrogen-bond donors (Lipinski definition) is 2. The minimum Gasteiger partial charge on any atom is -0.481 e. The molecule has 0 aliphatic carbocycles. The average Bonchev–Trinajstić information content (AvgIpc) is 2.37. The summed E-state index contributed by atoms with van der Waals surface area (Å²) in [7, 11) is 0. The second kappa shape index (κ2) is 7.85. The maximum atomic E-state index is 13.5. The molecule has 2 N–H and O–H groups in total. The Kier molecular flexibility index (Phi) is 6.45. The van der Waals surface area contributed by atoms with Gasteiger partial charge in [-0.25, -0.2) is 4.39 Å². The Bertz CT molecular complexity index is 475. The summed E-state index contributed by atoms with van der Waals surface area (Å²) in [5, 5.41) is 11.2. The van der Waals surface area contributed by atoms with Crippen LogP contribution in [0, 0.1) is 5.82 Å². The first kappa shape index (κ1) is 17.3. The van der Waals surface area contributed by atoms with Gasteiger partial charge in [-0.1, -0.05) is 12.8 Å². The van der Waals surface area contributed by atoms with Gasteiger partial charge in [0.25, 0.3) is 0 Å². The van der Waals surface area contributed by atoms with Crippen molar-refractivity contribution in [2.75, 3.05) is 11.9 Å². The van der Waals surface area contributed by atoms with Gasteiger partial charge in [-0.15, -0.1) is 0 Å². The average molecular weight is 307 g/mol. The summed E-state index contributed by atoms with van der Waals surface area (Å²) in [6, 6.07) is 2.37. The van der Waals surface area contributed by atoms with Crippen molar-refractivity contribution in [2.45, 2.75) is 38.3 Å². The molecule has 0 unspecified atom stereocenters. The molecule has 0 radical (unpaired) electrons. The summed E-state index contributed by atoms with van der Waals surface area (Å²) in [6.07, 6.45) is -1.61. The number of nitrogens with one attached hydrogen (secondary N) is 1. The van der Waals surface area contributed by atoms with Crippen molar-refractivity contribution in [1.82, 2.24) is 0 Å². The number of carbonyl (C=O) groups is 1. The summed E-state index contributed by atoms with van der Waals surface area (Å²) in [4.78, 5) is 10.3. The van der Waals surface area contributed by atoms with Crippen LogP contribution in [0.25, 0.3) is 0 Å². The van der Waals surface area contributed by atoms with Crippen LogP contribution < -0.4 is 5.32 Å². The number of carboxylic acid groups (broad SMARTS) is 1. The predicted octanol–water partition coefficient (Wildman–Crippen LogP) is 4.29. The number of benzene rings is 1. The van der Waals surface area contributed by atoms with E-state index >= 15 is 0 Å². The summed E-state index contributed by atoms with van der Waals surface area (Å²) < 4.78 is 50.5. The first-order chi connectivity index (χ1) is 9.80. The highest BCUT2D eigenvalue weighted by Crippen LogP contribution is 2.31. The molecular formula is C14H17F4NO2. The largest absolute Gasteiger partial charge is 0.481 e. The molecule has 3 nitrogen and oxygen atoms in total. The Hall–Kier alpha value is -1.79. The summed E-state index contributed by atoms with van der Waals surface area (Å²) in [5.41, 5.74) is -0.979. The monoisotopic (exact) mass is 307 g/mol. The van der Waals surface area contributed by atoms with Crippen LogP contribution >= 0.6 is 0 Å². The van der Waals surface area contributed by atoms with E-state index in [1.165, 1.54) is 0 Å². The smallest absolute Gasteiger partial charge is 0.416 e. The highest BCUT2D eigenvalue weighted by atomic mass is 19.4. The van der Waals surface area contributed by atoms with Crippen molar-refractivity contribution < 1.29 is 27.5 Å². The van der Waals surface area contributed by atoms with Crippen LogP contribution in [-0.2, 0) is 11.0 Å². The van der Waals surface area contributed by atoms with Gasteiger partial charge in [-0.05, 0) is 31.0 Å². The van der Waals surface area contributed by atoms with Gasteiger partial charge in [-0.3, -0.25) is 4.79 Å². The van der Waals surface area contributed by atoms with Gasteiger partial charge in [0.1, 0.15) is 5.82 Å². The molecule has 0 atom stereocenters. The normalized spacial score (nSPS) is 11.4. The van der Waals surface area contributed by atoms with Gasteiger partial charge < -0.3 is 10.4 Å². The fraction of sp³-hybridized carbons (Fsp3) is 0.500. The zero-order valence-electron chi connectivity index (χ0n) is 11.3. The van der Waals surface area contributed by atoms with Crippen molar-refractivity contribution in [1.29, 1.82) is 0 Å². The molecule has 0 amide bonds. The van der Waals surface area contributed by atoms with Gasteiger partial charge in [0.05, 0.1) is 11.3 Å². The molecule has 0 bridgehead atoms. The molecule has 0 spiro atoms. The molecule has 1 aromatic rings. The molecule has 118 valence electrons. The number of carboxylic acids is 1. The quantitative estimate of drug-likeness (QED) is 0.556. The standard InChI is InChI=1S/C14H17F4NO2/c15-11-9-10(14(16,17)18)6-7-12(11)19-8-4-2-1-3-5-13(20)21/h6-7,9,19H,1-5,8H2,(H,20,21). The van der Waals surface area contributed by atoms with Gasteiger partial charge in [0, 0.05) is 13.0 Å². The van der Waals surface area contributed by atoms with E-state index in [0.29, 0.717) is 25.5 Å². The fourth-order valence-corrected chi connectivity index (χ4v) is 1.81. The highest BCUT2D eigenvalue weighted by molar-refractivity contribution is 5.66. The predicted molar refractivity (Wildman–Crippen MR) is 70.6 cm³/mol. The second-order valence-corrected chi connectivity index (χ2v) is 4.68. The van der Waals surface area contributed by atoms with Crippen LogP contribution in [0.1, 0.15) is 37.7 Å². The lowest BCUT2D eigenvalue weighted by Gasteiger charge is -2.11. The van der Waals surface area contributed by atoms with E-state index in [1.807, 2.05) is 0 Å². The van der Waals surface area contributed by atoms with Crippen LogP contribution in [0.2, 0.25) is 0 Å². The molecular weight excluding hydrogens is 290 g/mol. The fourth-order valence-electron chi connectivity index (χ4n) is 1.81.